The number of nitriles is 1. The zero-order valence-corrected chi connectivity index (χ0v) is 12.5. The van der Waals surface area contributed by atoms with E-state index in [9.17, 15) is 5.26 Å². The predicted octanol–water partition coefficient (Wildman–Crippen LogP) is 3.50. The van der Waals surface area contributed by atoms with Crippen molar-refractivity contribution < 1.29 is 9.47 Å². The largest absolute Gasteiger partial charge is 0.454 e. The van der Waals surface area contributed by atoms with Gasteiger partial charge in [-0.2, -0.15) is 5.26 Å². The number of hydrogen-bond acceptors (Lipinski definition) is 4. The molecule has 4 nitrogen and oxygen atoms in total. The molecule has 1 atom stereocenters. The van der Waals surface area contributed by atoms with Crippen LogP contribution in [-0.2, 0) is 6.54 Å². The number of nitrogens with zero attached hydrogens (tertiary/aromatic N) is 2. The van der Waals surface area contributed by atoms with Gasteiger partial charge in [0.1, 0.15) is 6.04 Å². The second kappa shape index (κ2) is 6.50. The van der Waals surface area contributed by atoms with E-state index in [4.69, 9.17) is 9.47 Å². The van der Waals surface area contributed by atoms with Crippen LogP contribution in [0.5, 0.6) is 11.5 Å². The maximum absolute atomic E-state index is 9.64. The molecule has 0 bridgehead atoms. The van der Waals surface area contributed by atoms with Crippen LogP contribution in [0.15, 0.2) is 48.5 Å². The molecule has 0 saturated carbocycles. The van der Waals surface area contributed by atoms with Crippen LogP contribution in [-0.4, -0.2) is 18.2 Å². The van der Waals surface area contributed by atoms with Crippen LogP contribution in [0, 0.1) is 11.3 Å². The van der Waals surface area contributed by atoms with Gasteiger partial charge in [-0.05, 0) is 29.8 Å². The first-order valence-electron chi connectivity index (χ1n) is 7.39. The Morgan fingerprint density at radius 1 is 1.14 bits per heavy atom. The molecule has 2 aromatic rings. The van der Waals surface area contributed by atoms with Crippen molar-refractivity contribution in [2.45, 2.75) is 19.5 Å². The Morgan fingerprint density at radius 2 is 1.91 bits per heavy atom. The summed E-state index contributed by atoms with van der Waals surface area (Å²) in [6.07, 6.45) is 0. The van der Waals surface area contributed by atoms with Crippen molar-refractivity contribution >= 4 is 0 Å². The summed E-state index contributed by atoms with van der Waals surface area (Å²) in [4.78, 5) is 2.15. The average molecular weight is 294 g/mol. The van der Waals surface area contributed by atoms with E-state index in [1.807, 2.05) is 36.4 Å². The highest BCUT2D eigenvalue weighted by Gasteiger charge is 2.22. The molecule has 0 spiro atoms. The minimum atomic E-state index is -0.306. The van der Waals surface area contributed by atoms with Crippen LogP contribution < -0.4 is 9.47 Å². The summed E-state index contributed by atoms with van der Waals surface area (Å²) < 4.78 is 10.7. The van der Waals surface area contributed by atoms with Gasteiger partial charge in [-0.1, -0.05) is 43.3 Å². The summed E-state index contributed by atoms with van der Waals surface area (Å²) in [5.41, 5.74) is 2.13. The van der Waals surface area contributed by atoms with Crippen LogP contribution in [0.3, 0.4) is 0 Å². The summed E-state index contributed by atoms with van der Waals surface area (Å²) in [7, 11) is 0. The molecule has 0 radical (unpaired) electrons. The van der Waals surface area contributed by atoms with Gasteiger partial charge in [0.05, 0.1) is 6.07 Å². The lowest BCUT2D eigenvalue weighted by Crippen LogP contribution is -2.27. The lowest BCUT2D eigenvalue weighted by Gasteiger charge is -2.26. The first-order valence-corrected chi connectivity index (χ1v) is 7.39. The zero-order chi connectivity index (χ0) is 15.4. The van der Waals surface area contributed by atoms with Crippen molar-refractivity contribution in [3.8, 4) is 17.6 Å². The van der Waals surface area contributed by atoms with Crippen molar-refractivity contribution in [2.24, 2.45) is 0 Å². The number of fused-ring (bicyclic) bond motifs is 1. The van der Waals surface area contributed by atoms with Crippen molar-refractivity contribution in [1.29, 1.82) is 5.26 Å². The second-order valence-corrected chi connectivity index (χ2v) is 5.19. The molecule has 0 amide bonds. The van der Waals surface area contributed by atoms with Gasteiger partial charge in [-0.3, -0.25) is 4.90 Å². The fraction of sp³-hybridized carbons (Fsp3) is 0.278. The summed E-state index contributed by atoms with van der Waals surface area (Å²) in [6.45, 7) is 3.85. The Balaban J connectivity index is 1.84. The summed E-state index contributed by atoms with van der Waals surface area (Å²) >= 11 is 0. The van der Waals surface area contributed by atoms with Crippen LogP contribution in [0.4, 0.5) is 0 Å². The minimum Gasteiger partial charge on any atom is -0.454 e. The molecule has 0 N–H and O–H groups in total. The van der Waals surface area contributed by atoms with Gasteiger partial charge in [0.15, 0.2) is 11.5 Å². The van der Waals surface area contributed by atoms with E-state index >= 15 is 0 Å². The molecule has 1 aliphatic rings. The third-order valence-electron chi connectivity index (χ3n) is 3.83. The highest BCUT2D eigenvalue weighted by molar-refractivity contribution is 5.46. The molecule has 0 aliphatic carbocycles. The second-order valence-electron chi connectivity index (χ2n) is 5.19. The lowest BCUT2D eigenvalue weighted by molar-refractivity contribution is 0.174. The van der Waals surface area contributed by atoms with E-state index in [0.29, 0.717) is 5.75 Å². The summed E-state index contributed by atoms with van der Waals surface area (Å²) in [5, 5.41) is 9.64. The Kier molecular flexibility index (Phi) is 4.27. The number of ether oxygens (including phenoxy) is 2. The molecule has 1 aliphatic heterocycles. The van der Waals surface area contributed by atoms with E-state index in [1.165, 1.54) is 5.56 Å². The summed E-state index contributed by atoms with van der Waals surface area (Å²) in [5.74, 6) is 1.46. The number of rotatable bonds is 5. The van der Waals surface area contributed by atoms with Crippen LogP contribution in [0.2, 0.25) is 0 Å². The first kappa shape index (κ1) is 14.4. The topological polar surface area (TPSA) is 45.5 Å². The number of benzene rings is 2. The Morgan fingerprint density at radius 3 is 2.64 bits per heavy atom. The maximum atomic E-state index is 9.64. The summed E-state index contributed by atoms with van der Waals surface area (Å²) in [6, 6.07) is 18.0. The molecule has 1 heterocycles. The molecular formula is C18H18N2O2. The van der Waals surface area contributed by atoms with Crippen molar-refractivity contribution in [2.75, 3.05) is 13.3 Å². The minimum absolute atomic E-state index is 0.248. The monoisotopic (exact) mass is 294 g/mol. The number of hydrogen-bond donors (Lipinski definition) is 0. The molecule has 1 unspecified atom stereocenters. The van der Waals surface area contributed by atoms with Crippen molar-refractivity contribution in [3.63, 3.8) is 0 Å². The zero-order valence-electron chi connectivity index (χ0n) is 12.5. The van der Waals surface area contributed by atoms with Gasteiger partial charge >= 0.3 is 0 Å². The van der Waals surface area contributed by atoms with E-state index in [2.05, 4.69) is 30.0 Å². The fourth-order valence-corrected chi connectivity index (χ4v) is 2.65. The smallest absolute Gasteiger partial charge is 0.231 e. The van der Waals surface area contributed by atoms with Gasteiger partial charge in [0.25, 0.3) is 0 Å². The standard InChI is InChI=1S/C18H18N2O2/c1-2-20(12-14-6-4-3-5-7-14)16(11-19)15-8-9-17-18(10-15)22-13-21-17/h3-10,16H,2,12-13H2,1H3. The van der Waals surface area contributed by atoms with Gasteiger partial charge in [0, 0.05) is 6.54 Å². The van der Waals surface area contributed by atoms with Gasteiger partial charge in [-0.25, -0.2) is 0 Å². The Labute approximate surface area is 130 Å². The first-order chi connectivity index (χ1) is 10.8. The highest BCUT2D eigenvalue weighted by atomic mass is 16.7. The molecule has 0 fully saturated rings. The SMILES string of the molecule is CCN(Cc1ccccc1)C(C#N)c1ccc2c(c1)OCO2. The molecule has 2 aromatic carbocycles. The lowest BCUT2D eigenvalue weighted by atomic mass is 10.0. The fourth-order valence-electron chi connectivity index (χ4n) is 2.65. The Hall–Kier alpha value is -2.51. The van der Waals surface area contributed by atoms with Crippen molar-refractivity contribution in [3.05, 3.63) is 59.7 Å². The molecule has 0 saturated heterocycles. The molecular weight excluding hydrogens is 276 g/mol. The molecule has 0 aromatic heterocycles. The molecule has 112 valence electrons. The van der Waals surface area contributed by atoms with E-state index in [-0.39, 0.29) is 12.8 Å². The van der Waals surface area contributed by atoms with Crippen molar-refractivity contribution in [1.82, 2.24) is 4.90 Å². The highest BCUT2D eigenvalue weighted by Crippen LogP contribution is 2.35. The third-order valence-corrected chi connectivity index (χ3v) is 3.83. The van der Waals surface area contributed by atoms with Crippen LogP contribution in [0.25, 0.3) is 0 Å². The predicted molar refractivity (Wildman–Crippen MR) is 83.4 cm³/mol. The Bertz CT molecular complexity index is 679. The third kappa shape index (κ3) is 2.90. The molecule has 22 heavy (non-hydrogen) atoms. The van der Waals surface area contributed by atoms with E-state index in [0.717, 1.165) is 24.4 Å². The maximum Gasteiger partial charge on any atom is 0.231 e. The van der Waals surface area contributed by atoms with Gasteiger partial charge < -0.3 is 9.47 Å². The normalized spacial score (nSPS) is 13.9. The average Bonchev–Trinajstić information content (AvgIpc) is 3.03. The van der Waals surface area contributed by atoms with Gasteiger partial charge in [-0.15, -0.1) is 0 Å². The molecule has 3 rings (SSSR count). The quantitative estimate of drug-likeness (QED) is 0.846. The van der Waals surface area contributed by atoms with E-state index < -0.39 is 0 Å². The van der Waals surface area contributed by atoms with Crippen LogP contribution >= 0.6 is 0 Å². The van der Waals surface area contributed by atoms with E-state index in [1.54, 1.807) is 0 Å². The van der Waals surface area contributed by atoms with Crippen LogP contribution in [0.1, 0.15) is 24.1 Å². The molecule has 4 heteroatoms. The van der Waals surface area contributed by atoms with Gasteiger partial charge in [0.2, 0.25) is 6.79 Å².